The van der Waals surface area contributed by atoms with Crippen LogP contribution in [0.15, 0.2) is 54.7 Å². The van der Waals surface area contributed by atoms with Gasteiger partial charge < -0.3 is 0 Å². The second kappa shape index (κ2) is 8.15. The summed E-state index contributed by atoms with van der Waals surface area (Å²) in [5.41, 5.74) is 3.89. The van der Waals surface area contributed by atoms with Crippen LogP contribution in [-0.2, 0) is 6.54 Å². The third-order valence-corrected chi connectivity index (χ3v) is 5.28. The molecule has 0 N–H and O–H groups in total. The van der Waals surface area contributed by atoms with E-state index in [0.29, 0.717) is 0 Å². The zero-order chi connectivity index (χ0) is 19.5. The average Bonchev–Trinajstić information content (AvgIpc) is 2.69. The van der Waals surface area contributed by atoms with Crippen molar-refractivity contribution in [1.29, 1.82) is 0 Å². The Morgan fingerprint density at radius 1 is 1.07 bits per heavy atom. The van der Waals surface area contributed by atoms with E-state index in [1.807, 2.05) is 19.2 Å². The molecule has 1 unspecified atom stereocenters. The highest BCUT2D eigenvalue weighted by molar-refractivity contribution is 5.65. The predicted octanol–water partition coefficient (Wildman–Crippen LogP) is 5.11. The van der Waals surface area contributed by atoms with Gasteiger partial charge in [0.2, 0.25) is 0 Å². The van der Waals surface area contributed by atoms with Crippen molar-refractivity contribution in [3.05, 3.63) is 83.4 Å². The average molecular weight is 379 g/mol. The molecule has 3 aromatic rings. The van der Waals surface area contributed by atoms with Crippen molar-refractivity contribution in [1.82, 2.24) is 14.9 Å². The summed E-state index contributed by atoms with van der Waals surface area (Å²) >= 11 is 0. The van der Waals surface area contributed by atoms with E-state index in [0.717, 1.165) is 60.7 Å². The van der Waals surface area contributed by atoms with Crippen molar-refractivity contribution in [2.75, 3.05) is 13.1 Å². The lowest BCUT2D eigenvalue weighted by Gasteiger charge is -2.33. The van der Waals surface area contributed by atoms with Gasteiger partial charge in [-0.25, -0.2) is 18.7 Å². The number of piperidine rings is 1. The number of benzene rings is 2. The summed E-state index contributed by atoms with van der Waals surface area (Å²) in [6.45, 7) is 4.47. The first-order valence-corrected chi connectivity index (χ1v) is 9.65. The lowest BCUT2D eigenvalue weighted by Crippen LogP contribution is -2.34. The van der Waals surface area contributed by atoms with E-state index < -0.39 is 0 Å². The standard InChI is InChI=1S/C23H23F2N3/c1-16-26-13-22(18-7-9-20(24)10-8-18)23(27-16)19-5-3-11-28(15-19)14-17-4-2-6-21(25)12-17/h2,4,6-10,12-13,19H,3,5,11,14-15H2,1H3. The molecule has 0 amide bonds. The second-order valence-corrected chi connectivity index (χ2v) is 7.43. The Balaban J connectivity index is 1.59. The summed E-state index contributed by atoms with van der Waals surface area (Å²) in [6, 6.07) is 13.3. The SMILES string of the molecule is Cc1ncc(-c2ccc(F)cc2)c(C2CCCN(Cc3cccc(F)c3)C2)n1. The lowest BCUT2D eigenvalue weighted by atomic mass is 9.89. The maximum atomic E-state index is 13.5. The molecule has 1 aromatic heterocycles. The zero-order valence-corrected chi connectivity index (χ0v) is 15.9. The zero-order valence-electron chi connectivity index (χ0n) is 15.9. The fourth-order valence-corrected chi connectivity index (χ4v) is 3.97. The van der Waals surface area contributed by atoms with Crippen LogP contribution in [0.4, 0.5) is 8.78 Å². The van der Waals surface area contributed by atoms with Gasteiger partial charge >= 0.3 is 0 Å². The second-order valence-electron chi connectivity index (χ2n) is 7.43. The van der Waals surface area contributed by atoms with E-state index in [4.69, 9.17) is 4.98 Å². The van der Waals surface area contributed by atoms with Gasteiger partial charge in [0.15, 0.2) is 0 Å². The molecular weight excluding hydrogens is 356 g/mol. The van der Waals surface area contributed by atoms with Gasteiger partial charge in [-0.05, 0) is 61.7 Å². The maximum Gasteiger partial charge on any atom is 0.125 e. The quantitative estimate of drug-likeness (QED) is 0.631. The van der Waals surface area contributed by atoms with Gasteiger partial charge in [0.1, 0.15) is 17.5 Å². The van der Waals surface area contributed by atoms with E-state index in [1.54, 1.807) is 24.3 Å². The first-order valence-electron chi connectivity index (χ1n) is 9.65. The van der Waals surface area contributed by atoms with Crippen molar-refractivity contribution in [3.63, 3.8) is 0 Å². The molecule has 4 rings (SSSR count). The number of nitrogens with zero attached hydrogens (tertiary/aromatic N) is 3. The fraction of sp³-hybridized carbons (Fsp3) is 0.304. The van der Waals surface area contributed by atoms with Crippen molar-refractivity contribution >= 4 is 0 Å². The monoisotopic (exact) mass is 379 g/mol. The number of rotatable bonds is 4. The number of hydrogen-bond acceptors (Lipinski definition) is 3. The molecule has 2 aromatic carbocycles. The van der Waals surface area contributed by atoms with E-state index in [-0.39, 0.29) is 17.6 Å². The van der Waals surface area contributed by atoms with Crippen LogP contribution >= 0.6 is 0 Å². The molecule has 5 heteroatoms. The molecule has 0 spiro atoms. The van der Waals surface area contributed by atoms with Crippen molar-refractivity contribution < 1.29 is 8.78 Å². The van der Waals surface area contributed by atoms with Crippen LogP contribution in [0, 0.1) is 18.6 Å². The highest BCUT2D eigenvalue weighted by Gasteiger charge is 2.25. The summed E-state index contributed by atoms with van der Waals surface area (Å²) in [5, 5.41) is 0. The topological polar surface area (TPSA) is 29.0 Å². The minimum absolute atomic E-state index is 0.198. The molecule has 1 aliphatic heterocycles. The molecule has 144 valence electrons. The van der Waals surface area contributed by atoms with Gasteiger partial charge in [0.25, 0.3) is 0 Å². The molecule has 28 heavy (non-hydrogen) atoms. The summed E-state index contributed by atoms with van der Waals surface area (Å²) in [4.78, 5) is 11.5. The van der Waals surface area contributed by atoms with Crippen molar-refractivity contribution in [3.8, 4) is 11.1 Å². The molecule has 1 saturated heterocycles. The molecule has 3 nitrogen and oxygen atoms in total. The molecular formula is C23H23F2N3. The first-order chi connectivity index (χ1) is 13.6. The smallest absolute Gasteiger partial charge is 0.125 e. The number of likely N-dealkylation sites (tertiary alicyclic amines) is 1. The van der Waals surface area contributed by atoms with Gasteiger partial charge in [-0.15, -0.1) is 0 Å². The van der Waals surface area contributed by atoms with E-state index in [1.165, 1.54) is 18.2 Å². The Kier molecular flexibility index (Phi) is 5.44. The van der Waals surface area contributed by atoms with Crippen LogP contribution in [0.2, 0.25) is 0 Å². The lowest BCUT2D eigenvalue weighted by molar-refractivity contribution is 0.198. The Morgan fingerprint density at radius 3 is 2.68 bits per heavy atom. The first kappa shape index (κ1) is 18.7. The molecule has 1 atom stereocenters. The predicted molar refractivity (Wildman–Crippen MR) is 106 cm³/mol. The third kappa shape index (κ3) is 4.25. The van der Waals surface area contributed by atoms with Crippen LogP contribution in [0.25, 0.3) is 11.1 Å². The molecule has 1 aliphatic rings. The Bertz CT molecular complexity index is 956. The summed E-state index contributed by atoms with van der Waals surface area (Å²) < 4.78 is 26.9. The third-order valence-electron chi connectivity index (χ3n) is 5.28. The molecule has 0 aliphatic carbocycles. The normalized spacial score (nSPS) is 17.6. The molecule has 2 heterocycles. The molecule has 0 saturated carbocycles. The van der Waals surface area contributed by atoms with Gasteiger partial charge in [-0.1, -0.05) is 24.3 Å². The largest absolute Gasteiger partial charge is 0.298 e. The van der Waals surface area contributed by atoms with Gasteiger partial charge in [-0.2, -0.15) is 0 Å². The van der Waals surface area contributed by atoms with Crippen LogP contribution < -0.4 is 0 Å². The van der Waals surface area contributed by atoms with Crippen LogP contribution in [0.3, 0.4) is 0 Å². The fourth-order valence-electron chi connectivity index (χ4n) is 3.97. The maximum absolute atomic E-state index is 13.5. The number of aromatic nitrogens is 2. The van der Waals surface area contributed by atoms with Crippen molar-refractivity contribution in [2.45, 2.75) is 32.2 Å². The number of hydrogen-bond donors (Lipinski definition) is 0. The van der Waals surface area contributed by atoms with Crippen LogP contribution in [0.1, 0.15) is 35.8 Å². The number of halogens is 2. The minimum Gasteiger partial charge on any atom is -0.298 e. The van der Waals surface area contributed by atoms with E-state index in [9.17, 15) is 8.78 Å². The minimum atomic E-state index is -0.253. The van der Waals surface area contributed by atoms with Gasteiger partial charge in [0.05, 0.1) is 5.69 Å². The van der Waals surface area contributed by atoms with Gasteiger partial charge in [-0.3, -0.25) is 4.90 Å². The Labute approximate surface area is 164 Å². The molecule has 1 fully saturated rings. The highest BCUT2D eigenvalue weighted by Crippen LogP contribution is 2.33. The van der Waals surface area contributed by atoms with Gasteiger partial charge in [0, 0.05) is 30.8 Å². The van der Waals surface area contributed by atoms with E-state index in [2.05, 4.69) is 9.88 Å². The summed E-state index contributed by atoms with van der Waals surface area (Å²) in [6.07, 6.45) is 3.95. The van der Waals surface area contributed by atoms with Crippen LogP contribution in [0.5, 0.6) is 0 Å². The summed E-state index contributed by atoms with van der Waals surface area (Å²) in [5.74, 6) is 0.556. The summed E-state index contributed by atoms with van der Waals surface area (Å²) in [7, 11) is 0. The highest BCUT2D eigenvalue weighted by atomic mass is 19.1. The van der Waals surface area contributed by atoms with Crippen molar-refractivity contribution in [2.24, 2.45) is 0 Å². The number of aryl methyl sites for hydroxylation is 1. The van der Waals surface area contributed by atoms with Crippen LogP contribution in [-0.4, -0.2) is 28.0 Å². The Morgan fingerprint density at radius 2 is 1.89 bits per heavy atom. The van der Waals surface area contributed by atoms with E-state index >= 15 is 0 Å². The molecule has 0 radical (unpaired) electrons. The Hall–Kier alpha value is -2.66. The molecule has 0 bridgehead atoms.